The number of nitrogens with zero attached hydrogens (tertiary/aromatic N) is 1. The van der Waals surface area contributed by atoms with Gasteiger partial charge in [-0.25, -0.2) is 4.98 Å². The van der Waals surface area contributed by atoms with Gasteiger partial charge in [-0.3, -0.25) is 4.79 Å². The van der Waals surface area contributed by atoms with Gasteiger partial charge in [-0.15, -0.1) is 0 Å². The van der Waals surface area contributed by atoms with E-state index in [4.69, 9.17) is 9.47 Å². The molecule has 0 atom stereocenters. The van der Waals surface area contributed by atoms with E-state index in [9.17, 15) is 4.79 Å². The monoisotopic (exact) mass is 287 g/mol. The summed E-state index contributed by atoms with van der Waals surface area (Å²) in [5, 5.41) is 0.840. The Morgan fingerprint density at radius 2 is 1.95 bits per heavy atom. The van der Waals surface area contributed by atoms with Crippen molar-refractivity contribution in [2.45, 2.75) is 16.8 Å². The Morgan fingerprint density at radius 3 is 2.65 bits per heavy atom. The van der Waals surface area contributed by atoms with Crippen LogP contribution in [0.15, 0.2) is 46.5 Å². The Hall–Kier alpha value is -2.01. The molecule has 20 heavy (non-hydrogen) atoms. The fourth-order valence-electron chi connectivity index (χ4n) is 1.86. The van der Waals surface area contributed by atoms with Gasteiger partial charge in [0.25, 0.3) is 0 Å². The number of benzene rings is 1. The van der Waals surface area contributed by atoms with Gasteiger partial charge in [-0.1, -0.05) is 11.8 Å². The second-order valence-electron chi connectivity index (χ2n) is 4.35. The van der Waals surface area contributed by atoms with Gasteiger partial charge in [0.05, 0.1) is 0 Å². The standard InChI is InChI=1S/C15H13NO3S/c1-10(17)11-2-5-15(16-9-11)20-12-3-4-13-14(8-12)19-7-6-18-13/h2-5,8-9H,6-7H2,1H3. The van der Waals surface area contributed by atoms with Crippen LogP contribution >= 0.6 is 11.8 Å². The van der Waals surface area contributed by atoms with Crippen LogP contribution in [0.3, 0.4) is 0 Å². The van der Waals surface area contributed by atoms with Crippen molar-refractivity contribution >= 4 is 17.5 Å². The van der Waals surface area contributed by atoms with Gasteiger partial charge in [0.1, 0.15) is 18.2 Å². The van der Waals surface area contributed by atoms with Gasteiger partial charge in [0, 0.05) is 16.7 Å². The van der Waals surface area contributed by atoms with Crippen LogP contribution in [0, 0.1) is 0 Å². The molecule has 102 valence electrons. The van der Waals surface area contributed by atoms with E-state index in [0.717, 1.165) is 21.4 Å². The molecule has 4 nitrogen and oxygen atoms in total. The minimum atomic E-state index is 0.0216. The molecule has 0 fully saturated rings. The minimum absolute atomic E-state index is 0.0216. The molecule has 0 bridgehead atoms. The molecule has 0 N–H and O–H groups in total. The van der Waals surface area contributed by atoms with Crippen molar-refractivity contribution in [3.63, 3.8) is 0 Å². The predicted octanol–water partition coefficient (Wildman–Crippen LogP) is 3.21. The second kappa shape index (κ2) is 5.54. The maximum absolute atomic E-state index is 11.2. The van der Waals surface area contributed by atoms with E-state index in [2.05, 4.69) is 4.98 Å². The molecule has 1 aliphatic heterocycles. The highest BCUT2D eigenvalue weighted by Crippen LogP contribution is 2.36. The highest BCUT2D eigenvalue weighted by Gasteiger charge is 2.12. The largest absolute Gasteiger partial charge is 0.486 e. The number of aromatic nitrogens is 1. The fraction of sp³-hybridized carbons (Fsp3) is 0.200. The number of carbonyl (C=O) groups is 1. The van der Waals surface area contributed by atoms with Crippen molar-refractivity contribution in [1.82, 2.24) is 4.98 Å². The molecule has 0 saturated heterocycles. The van der Waals surface area contributed by atoms with Crippen LogP contribution in [-0.4, -0.2) is 24.0 Å². The number of fused-ring (bicyclic) bond motifs is 1. The molecule has 1 aliphatic rings. The summed E-state index contributed by atoms with van der Waals surface area (Å²) in [6.07, 6.45) is 1.60. The lowest BCUT2D eigenvalue weighted by atomic mass is 10.2. The van der Waals surface area contributed by atoms with Crippen LogP contribution in [0.2, 0.25) is 0 Å². The normalized spacial score (nSPS) is 13.1. The summed E-state index contributed by atoms with van der Waals surface area (Å²) in [5.74, 6) is 1.57. The topological polar surface area (TPSA) is 48.4 Å². The zero-order valence-electron chi connectivity index (χ0n) is 11.0. The van der Waals surface area contributed by atoms with E-state index in [-0.39, 0.29) is 5.78 Å². The van der Waals surface area contributed by atoms with Gasteiger partial charge in [-0.05, 0) is 37.3 Å². The quantitative estimate of drug-likeness (QED) is 0.811. The number of rotatable bonds is 3. The molecule has 5 heteroatoms. The van der Waals surface area contributed by atoms with Gasteiger partial charge < -0.3 is 9.47 Å². The van der Waals surface area contributed by atoms with Crippen LogP contribution in [0.25, 0.3) is 0 Å². The molecule has 0 aliphatic carbocycles. The molecule has 1 aromatic carbocycles. The third kappa shape index (κ3) is 2.77. The van der Waals surface area contributed by atoms with Crippen molar-refractivity contribution in [1.29, 1.82) is 0 Å². The van der Waals surface area contributed by atoms with Gasteiger partial charge in [0.2, 0.25) is 0 Å². The number of Topliss-reactive ketones (excluding diaryl/α,β-unsaturated/α-hetero) is 1. The minimum Gasteiger partial charge on any atom is -0.486 e. The van der Waals surface area contributed by atoms with Crippen LogP contribution in [-0.2, 0) is 0 Å². The predicted molar refractivity (Wildman–Crippen MR) is 75.8 cm³/mol. The molecular weight excluding hydrogens is 274 g/mol. The smallest absolute Gasteiger partial charge is 0.162 e. The summed E-state index contributed by atoms with van der Waals surface area (Å²) in [6.45, 7) is 2.70. The number of hydrogen-bond donors (Lipinski definition) is 0. The van der Waals surface area contributed by atoms with E-state index in [0.29, 0.717) is 18.8 Å². The Kier molecular flexibility index (Phi) is 3.60. The zero-order valence-corrected chi connectivity index (χ0v) is 11.8. The lowest BCUT2D eigenvalue weighted by Gasteiger charge is -2.18. The van der Waals surface area contributed by atoms with Crippen molar-refractivity contribution in [3.8, 4) is 11.5 Å². The summed E-state index contributed by atoms with van der Waals surface area (Å²) in [4.78, 5) is 16.5. The number of hydrogen-bond acceptors (Lipinski definition) is 5. The van der Waals surface area contributed by atoms with Crippen LogP contribution in [0.4, 0.5) is 0 Å². The summed E-state index contributed by atoms with van der Waals surface area (Å²) < 4.78 is 11.0. The summed E-state index contributed by atoms with van der Waals surface area (Å²) in [6, 6.07) is 9.45. The van der Waals surface area contributed by atoms with Crippen molar-refractivity contribution in [3.05, 3.63) is 42.1 Å². The lowest BCUT2D eigenvalue weighted by Crippen LogP contribution is -2.15. The molecule has 1 aromatic heterocycles. The van der Waals surface area contributed by atoms with Crippen LogP contribution in [0.1, 0.15) is 17.3 Å². The first kappa shape index (κ1) is 13.0. The Morgan fingerprint density at radius 1 is 1.15 bits per heavy atom. The van der Waals surface area contributed by atoms with E-state index in [1.165, 1.54) is 18.7 Å². The zero-order chi connectivity index (χ0) is 13.9. The molecular formula is C15H13NO3S. The van der Waals surface area contributed by atoms with E-state index < -0.39 is 0 Å². The molecule has 2 aromatic rings. The first-order chi connectivity index (χ1) is 9.72. The molecule has 3 rings (SSSR count). The molecule has 0 spiro atoms. The van der Waals surface area contributed by atoms with Crippen molar-refractivity contribution < 1.29 is 14.3 Å². The maximum Gasteiger partial charge on any atom is 0.162 e. The number of ether oxygens (including phenoxy) is 2. The summed E-state index contributed by atoms with van der Waals surface area (Å²) in [7, 11) is 0. The van der Waals surface area contributed by atoms with Gasteiger partial charge in [0.15, 0.2) is 17.3 Å². The van der Waals surface area contributed by atoms with Crippen LogP contribution < -0.4 is 9.47 Å². The fourth-order valence-corrected chi connectivity index (χ4v) is 2.64. The molecule has 0 unspecified atom stereocenters. The van der Waals surface area contributed by atoms with Crippen LogP contribution in [0.5, 0.6) is 11.5 Å². The van der Waals surface area contributed by atoms with E-state index in [1.807, 2.05) is 24.3 Å². The lowest BCUT2D eigenvalue weighted by molar-refractivity contribution is 0.101. The highest BCUT2D eigenvalue weighted by atomic mass is 32.2. The third-order valence-electron chi connectivity index (χ3n) is 2.88. The number of ketones is 1. The number of pyridine rings is 1. The average Bonchev–Trinajstić information content (AvgIpc) is 2.48. The molecule has 0 saturated carbocycles. The molecule has 0 amide bonds. The summed E-state index contributed by atoms with van der Waals surface area (Å²) >= 11 is 1.52. The molecule has 2 heterocycles. The Balaban J connectivity index is 1.78. The second-order valence-corrected chi connectivity index (χ2v) is 5.44. The Labute approximate surface area is 121 Å². The van der Waals surface area contributed by atoms with Crippen molar-refractivity contribution in [2.75, 3.05) is 13.2 Å². The maximum atomic E-state index is 11.2. The van der Waals surface area contributed by atoms with Crippen molar-refractivity contribution in [2.24, 2.45) is 0 Å². The first-order valence-electron chi connectivity index (χ1n) is 6.27. The number of carbonyl (C=O) groups excluding carboxylic acids is 1. The van der Waals surface area contributed by atoms with Gasteiger partial charge >= 0.3 is 0 Å². The van der Waals surface area contributed by atoms with Gasteiger partial charge in [-0.2, -0.15) is 0 Å². The van der Waals surface area contributed by atoms with E-state index in [1.54, 1.807) is 12.3 Å². The third-order valence-corrected chi connectivity index (χ3v) is 3.82. The summed E-state index contributed by atoms with van der Waals surface area (Å²) in [5.41, 5.74) is 0.622. The highest BCUT2D eigenvalue weighted by molar-refractivity contribution is 7.99. The SMILES string of the molecule is CC(=O)c1ccc(Sc2ccc3c(c2)OCCO3)nc1. The van der Waals surface area contributed by atoms with E-state index >= 15 is 0 Å². The first-order valence-corrected chi connectivity index (χ1v) is 7.08. The molecule has 0 radical (unpaired) electrons. The average molecular weight is 287 g/mol. The Bertz CT molecular complexity index is 640.